The summed E-state index contributed by atoms with van der Waals surface area (Å²) in [5.41, 5.74) is 0. The third-order valence-electron chi connectivity index (χ3n) is 3.69. The number of likely N-dealkylation sites (tertiary alicyclic amines) is 1. The van der Waals surface area contributed by atoms with Crippen molar-refractivity contribution in [2.24, 2.45) is 11.8 Å². The molecule has 1 aliphatic heterocycles. The average Bonchev–Trinajstić information content (AvgIpc) is 3.02. The highest BCUT2D eigenvalue weighted by Gasteiger charge is 2.32. The lowest BCUT2D eigenvalue weighted by molar-refractivity contribution is -0.139. The standard InChI is InChI=1S/C12H20N2O4/c15-7-9-3-4-14(6-9)12(18)13-10(11(16)17)5-8-1-2-8/h8-10,15H,1-7H2,(H,13,18)(H,16,17). The van der Waals surface area contributed by atoms with Gasteiger partial charge in [-0.25, -0.2) is 9.59 Å². The Morgan fingerprint density at radius 1 is 1.28 bits per heavy atom. The Morgan fingerprint density at radius 2 is 2.00 bits per heavy atom. The highest BCUT2D eigenvalue weighted by atomic mass is 16.4. The van der Waals surface area contributed by atoms with Gasteiger partial charge in [-0.05, 0) is 18.8 Å². The van der Waals surface area contributed by atoms with Crippen molar-refractivity contribution in [3.63, 3.8) is 0 Å². The summed E-state index contributed by atoms with van der Waals surface area (Å²) in [6.45, 7) is 1.18. The first-order chi connectivity index (χ1) is 8.60. The lowest BCUT2D eigenvalue weighted by atomic mass is 10.1. The van der Waals surface area contributed by atoms with Crippen LogP contribution in [0.4, 0.5) is 4.79 Å². The van der Waals surface area contributed by atoms with Crippen molar-refractivity contribution in [2.45, 2.75) is 31.7 Å². The molecule has 0 aromatic rings. The van der Waals surface area contributed by atoms with E-state index in [2.05, 4.69) is 5.32 Å². The molecule has 1 saturated heterocycles. The number of carboxylic acids is 1. The lowest BCUT2D eigenvalue weighted by Crippen LogP contribution is -2.47. The number of aliphatic carboxylic acids is 1. The van der Waals surface area contributed by atoms with Crippen LogP contribution in [0.25, 0.3) is 0 Å². The molecule has 2 fully saturated rings. The number of aliphatic hydroxyl groups is 1. The maximum Gasteiger partial charge on any atom is 0.326 e. The smallest absolute Gasteiger partial charge is 0.326 e. The summed E-state index contributed by atoms with van der Waals surface area (Å²) in [6.07, 6.45) is 3.44. The predicted octanol–water partition coefficient (Wildman–Crippen LogP) is 0.264. The largest absolute Gasteiger partial charge is 0.480 e. The third-order valence-corrected chi connectivity index (χ3v) is 3.69. The Kier molecular flexibility index (Phi) is 4.06. The molecule has 0 spiro atoms. The minimum atomic E-state index is -0.965. The zero-order valence-electron chi connectivity index (χ0n) is 10.3. The van der Waals surface area contributed by atoms with E-state index in [1.807, 2.05) is 0 Å². The van der Waals surface area contributed by atoms with E-state index in [4.69, 9.17) is 10.2 Å². The molecule has 2 unspecified atom stereocenters. The van der Waals surface area contributed by atoms with Crippen LogP contribution >= 0.6 is 0 Å². The highest BCUT2D eigenvalue weighted by molar-refractivity contribution is 5.82. The van der Waals surface area contributed by atoms with E-state index >= 15 is 0 Å². The number of carbonyl (C=O) groups excluding carboxylic acids is 1. The molecule has 2 atom stereocenters. The number of hydrogen-bond acceptors (Lipinski definition) is 3. The van der Waals surface area contributed by atoms with Crippen LogP contribution in [0.1, 0.15) is 25.7 Å². The van der Waals surface area contributed by atoms with Crippen LogP contribution in [0.15, 0.2) is 0 Å². The molecule has 0 bridgehead atoms. The molecule has 2 aliphatic rings. The number of nitrogens with one attached hydrogen (secondary N) is 1. The second-order valence-electron chi connectivity index (χ2n) is 5.30. The summed E-state index contributed by atoms with van der Waals surface area (Å²) in [5, 5.41) is 20.7. The topological polar surface area (TPSA) is 89.9 Å². The number of amides is 2. The summed E-state index contributed by atoms with van der Waals surface area (Å²) >= 11 is 0. The number of carbonyl (C=O) groups is 2. The monoisotopic (exact) mass is 256 g/mol. The van der Waals surface area contributed by atoms with Gasteiger partial charge in [-0.15, -0.1) is 0 Å². The molecule has 1 aliphatic carbocycles. The van der Waals surface area contributed by atoms with E-state index in [0.29, 0.717) is 25.4 Å². The number of hydrogen-bond donors (Lipinski definition) is 3. The molecular weight excluding hydrogens is 236 g/mol. The van der Waals surface area contributed by atoms with Gasteiger partial charge in [-0.1, -0.05) is 12.8 Å². The summed E-state index contributed by atoms with van der Waals surface area (Å²) < 4.78 is 0. The normalized spacial score (nSPS) is 24.9. The first-order valence-electron chi connectivity index (χ1n) is 6.49. The van der Waals surface area contributed by atoms with Gasteiger partial charge in [0.2, 0.25) is 0 Å². The lowest BCUT2D eigenvalue weighted by Gasteiger charge is -2.21. The third kappa shape index (κ3) is 3.35. The molecule has 0 aromatic heterocycles. The van der Waals surface area contributed by atoms with E-state index in [9.17, 15) is 9.59 Å². The van der Waals surface area contributed by atoms with Gasteiger partial charge in [0.25, 0.3) is 0 Å². The number of carboxylic acid groups (broad SMARTS) is 1. The Hall–Kier alpha value is -1.30. The van der Waals surface area contributed by atoms with Crippen LogP contribution in [0.5, 0.6) is 0 Å². The molecule has 1 heterocycles. The minimum Gasteiger partial charge on any atom is -0.480 e. The van der Waals surface area contributed by atoms with Crippen molar-refractivity contribution in [3.05, 3.63) is 0 Å². The molecule has 2 amide bonds. The maximum absolute atomic E-state index is 11.9. The van der Waals surface area contributed by atoms with E-state index in [0.717, 1.165) is 19.3 Å². The molecule has 6 nitrogen and oxygen atoms in total. The van der Waals surface area contributed by atoms with Crippen LogP contribution in [0.2, 0.25) is 0 Å². The van der Waals surface area contributed by atoms with E-state index in [1.165, 1.54) is 0 Å². The molecule has 2 rings (SSSR count). The van der Waals surface area contributed by atoms with Gasteiger partial charge in [0.1, 0.15) is 6.04 Å². The van der Waals surface area contributed by atoms with Crippen molar-refractivity contribution in [1.82, 2.24) is 10.2 Å². The minimum absolute atomic E-state index is 0.0776. The van der Waals surface area contributed by atoms with Crippen LogP contribution in [-0.2, 0) is 4.79 Å². The van der Waals surface area contributed by atoms with Crippen LogP contribution in [0.3, 0.4) is 0 Å². The molecule has 0 radical (unpaired) electrons. The predicted molar refractivity (Wildman–Crippen MR) is 64.1 cm³/mol. The van der Waals surface area contributed by atoms with Gasteiger partial charge in [0.05, 0.1) is 0 Å². The first-order valence-corrected chi connectivity index (χ1v) is 6.49. The van der Waals surface area contributed by atoms with Gasteiger partial charge in [-0.3, -0.25) is 0 Å². The van der Waals surface area contributed by atoms with Gasteiger partial charge < -0.3 is 20.4 Å². The van der Waals surface area contributed by atoms with Crippen molar-refractivity contribution in [2.75, 3.05) is 19.7 Å². The number of aliphatic hydroxyl groups excluding tert-OH is 1. The SMILES string of the molecule is O=C(O)C(CC1CC1)NC(=O)N1CCC(CO)C1. The molecular formula is C12H20N2O4. The molecule has 0 aromatic carbocycles. The number of nitrogens with zero attached hydrogens (tertiary/aromatic N) is 1. The van der Waals surface area contributed by atoms with Crippen LogP contribution in [0, 0.1) is 11.8 Å². The fourth-order valence-electron chi connectivity index (χ4n) is 2.31. The average molecular weight is 256 g/mol. The van der Waals surface area contributed by atoms with Crippen molar-refractivity contribution in [1.29, 1.82) is 0 Å². The van der Waals surface area contributed by atoms with Gasteiger partial charge in [0, 0.05) is 25.6 Å². The van der Waals surface area contributed by atoms with Gasteiger partial charge in [0.15, 0.2) is 0 Å². The molecule has 3 N–H and O–H groups in total. The number of rotatable bonds is 5. The van der Waals surface area contributed by atoms with Gasteiger partial charge >= 0.3 is 12.0 Å². The molecule has 1 saturated carbocycles. The van der Waals surface area contributed by atoms with E-state index in [-0.39, 0.29) is 18.6 Å². The molecule has 102 valence electrons. The summed E-state index contributed by atoms with van der Waals surface area (Å²) in [6, 6.07) is -1.10. The summed E-state index contributed by atoms with van der Waals surface area (Å²) in [5.74, 6) is -0.384. The van der Waals surface area contributed by atoms with E-state index in [1.54, 1.807) is 4.90 Å². The highest BCUT2D eigenvalue weighted by Crippen LogP contribution is 2.33. The Bertz CT molecular complexity index is 330. The Balaban J connectivity index is 1.82. The summed E-state index contributed by atoms with van der Waals surface area (Å²) in [7, 11) is 0. The van der Waals surface area contributed by atoms with Crippen molar-refractivity contribution < 1.29 is 19.8 Å². The van der Waals surface area contributed by atoms with Crippen LogP contribution < -0.4 is 5.32 Å². The maximum atomic E-state index is 11.9. The second-order valence-corrected chi connectivity index (χ2v) is 5.30. The quantitative estimate of drug-likeness (QED) is 0.658. The zero-order valence-corrected chi connectivity index (χ0v) is 10.3. The first kappa shape index (κ1) is 13.1. The fourth-order valence-corrected chi connectivity index (χ4v) is 2.31. The van der Waals surface area contributed by atoms with Crippen molar-refractivity contribution in [3.8, 4) is 0 Å². The number of urea groups is 1. The fraction of sp³-hybridized carbons (Fsp3) is 0.833. The molecule has 6 heteroatoms. The zero-order chi connectivity index (χ0) is 13.1. The molecule has 18 heavy (non-hydrogen) atoms. The van der Waals surface area contributed by atoms with Crippen LogP contribution in [-0.4, -0.2) is 52.9 Å². The van der Waals surface area contributed by atoms with Crippen molar-refractivity contribution >= 4 is 12.0 Å². The van der Waals surface area contributed by atoms with Gasteiger partial charge in [-0.2, -0.15) is 0 Å². The second kappa shape index (κ2) is 5.56. The summed E-state index contributed by atoms with van der Waals surface area (Å²) in [4.78, 5) is 24.5. The Labute approximate surface area is 106 Å². The van der Waals surface area contributed by atoms with E-state index < -0.39 is 12.0 Å². The Morgan fingerprint density at radius 3 is 2.50 bits per heavy atom.